The van der Waals surface area contributed by atoms with E-state index in [1.165, 1.54) is 0 Å². The molecule has 0 unspecified atom stereocenters. The van der Waals surface area contributed by atoms with Gasteiger partial charge >= 0.3 is 5.97 Å². The molecule has 1 rings (SSSR count). The van der Waals surface area contributed by atoms with Crippen LogP contribution in [0.15, 0.2) is 4.52 Å². The molecular formula is C9H15N3O3. The minimum atomic E-state index is -0.594. The van der Waals surface area contributed by atoms with Crippen LogP contribution in [-0.2, 0) is 4.74 Å². The molecule has 0 saturated heterocycles. The molecule has 0 aliphatic carbocycles. The lowest BCUT2D eigenvalue weighted by Crippen LogP contribution is -2.17. The van der Waals surface area contributed by atoms with Crippen LogP contribution in [-0.4, -0.2) is 22.7 Å². The van der Waals surface area contributed by atoms with Gasteiger partial charge in [0, 0.05) is 0 Å². The predicted octanol–water partition coefficient (Wildman–Crippen LogP) is 0.902. The summed E-state index contributed by atoms with van der Waals surface area (Å²) in [5, 5.41) is 3.50. The van der Waals surface area contributed by atoms with Gasteiger partial charge in [-0.05, 0) is 18.0 Å². The molecule has 0 spiro atoms. The van der Waals surface area contributed by atoms with Crippen molar-refractivity contribution in [2.45, 2.75) is 26.8 Å². The molecule has 0 saturated carbocycles. The minimum absolute atomic E-state index is 0.0806. The predicted molar refractivity (Wildman–Crippen MR) is 52.0 cm³/mol. The average molecular weight is 213 g/mol. The maximum atomic E-state index is 11.2. The highest BCUT2D eigenvalue weighted by atomic mass is 16.5. The monoisotopic (exact) mass is 213 g/mol. The van der Waals surface area contributed by atoms with Gasteiger partial charge < -0.3 is 15.0 Å². The molecule has 1 atom stereocenters. The first-order valence-corrected chi connectivity index (χ1v) is 4.82. The van der Waals surface area contributed by atoms with Crippen molar-refractivity contribution in [2.24, 2.45) is 11.7 Å². The maximum Gasteiger partial charge on any atom is 0.379 e. The van der Waals surface area contributed by atoms with Crippen molar-refractivity contribution in [2.75, 3.05) is 6.61 Å². The van der Waals surface area contributed by atoms with E-state index in [1.54, 1.807) is 6.92 Å². The highest BCUT2D eigenvalue weighted by Gasteiger charge is 2.21. The first-order chi connectivity index (χ1) is 7.06. The van der Waals surface area contributed by atoms with Crippen molar-refractivity contribution in [3.63, 3.8) is 0 Å². The smallest absolute Gasteiger partial charge is 0.379 e. The Hall–Kier alpha value is -1.43. The summed E-state index contributed by atoms with van der Waals surface area (Å²) < 4.78 is 9.58. The lowest BCUT2D eigenvalue weighted by Gasteiger charge is -2.08. The van der Waals surface area contributed by atoms with E-state index in [0.717, 1.165) is 0 Å². The fraction of sp³-hybridized carbons (Fsp3) is 0.667. The molecule has 1 heterocycles. The number of esters is 1. The van der Waals surface area contributed by atoms with E-state index in [4.69, 9.17) is 15.0 Å². The Morgan fingerprint density at radius 2 is 2.27 bits per heavy atom. The summed E-state index contributed by atoms with van der Waals surface area (Å²) in [6, 6.07) is -0.360. The van der Waals surface area contributed by atoms with Crippen LogP contribution in [0.1, 0.15) is 43.3 Å². The van der Waals surface area contributed by atoms with E-state index in [2.05, 4.69) is 10.1 Å². The highest BCUT2D eigenvalue weighted by molar-refractivity contribution is 5.84. The van der Waals surface area contributed by atoms with E-state index in [9.17, 15) is 4.79 Å². The van der Waals surface area contributed by atoms with Crippen LogP contribution in [0, 0.1) is 5.92 Å². The number of hydrogen-bond acceptors (Lipinski definition) is 6. The van der Waals surface area contributed by atoms with Crippen molar-refractivity contribution in [1.82, 2.24) is 10.1 Å². The fourth-order valence-electron chi connectivity index (χ4n) is 0.934. The summed E-state index contributed by atoms with van der Waals surface area (Å²) >= 11 is 0. The van der Waals surface area contributed by atoms with Crippen LogP contribution in [0.5, 0.6) is 0 Å². The normalized spacial score (nSPS) is 12.9. The van der Waals surface area contributed by atoms with Crippen LogP contribution in [0.25, 0.3) is 0 Å². The summed E-state index contributed by atoms with van der Waals surface area (Å²) in [5.74, 6) is -0.250. The molecule has 84 valence electrons. The molecule has 0 aliphatic heterocycles. The molecule has 0 aliphatic rings. The Morgan fingerprint density at radius 3 is 2.80 bits per heavy atom. The van der Waals surface area contributed by atoms with Gasteiger partial charge in [0.05, 0.1) is 12.6 Å². The summed E-state index contributed by atoms with van der Waals surface area (Å²) in [6.07, 6.45) is 0. The molecule has 2 N–H and O–H groups in total. The largest absolute Gasteiger partial charge is 0.460 e. The zero-order valence-corrected chi connectivity index (χ0v) is 9.06. The summed E-state index contributed by atoms with van der Waals surface area (Å²) in [6.45, 7) is 5.84. The van der Waals surface area contributed by atoms with Gasteiger partial charge in [0.1, 0.15) is 0 Å². The molecule has 0 bridgehead atoms. The molecule has 1 aromatic heterocycles. The Morgan fingerprint density at radius 1 is 1.60 bits per heavy atom. The molecular weight excluding hydrogens is 198 g/mol. The van der Waals surface area contributed by atoms with Gasteiger partial charge in [0.25, 0.3) is 5.82 Å². The van der Waals surface area contributed by atoms with Gasteiger partial charge in [-0.15, -0.1) is 0 Å². The van der Waals surface area contributed by atoms with Crippen molar-refractivity contribution in [1.29, 1.82) is 0 Å². The number of hydrogen-bond donors (Lipinski definition) is 1. The van der Waals surface area contributed by atoms with E-state index < -0.39 is 5.97 Å². The molecule has 0 radical (unpaired) electrons. The second-order valence-electron chi connectivity index (χ2n) is 3.45. The Bertz CT molecular complexity index is 335. The van der Waals surface area contributed by atoms with Gasteiger partial charge in [-0.3, -0.25) is 0 Å². The van der Waals surface area contributed by atoms with E-state index in [0.29, 0.717) is 0 Å². The van der Waals surface area contributed by atoms with Crippen molar-refractivity contribution in [3.05, 3.63) is 11.7 Å². The topological polar surface area (TPSA) is 91.2 Å². The molecule has 0 fully saturated rings. The number of carbonyl (C=O) groups is 1. The van der Waals surface area contributed by atoms with Crippen molar-refractivity contribution in [3.8, 4) is 0 Å². The average Bonchev–Trinajstić information content (AvgIpc) is 2.65. The van der Waals surface area contributed by atoms with E-state index in [1.807, 2.05) is 13.8 Å². The lowest BCUT2D eigenvalue weighted by atomic mass is 10.1. The highest BCUT2D eigenvalue weighted by Crippen LogP contribution is 2.16. The molecule has 15 heavy (non-hydrogen) atoms. The fourth-order valence-corrected chi connectivity index (χ4v) is 0.934. The van der Waals surface area contributed by atoms with Crippen LogP contribution in [0.2, 0.25) is 0 Å². The van der Waals surface area contributed by atoms with Gasteiger partial charge in [0.2, 0.25) is 5.89 Å². The summed E-state index contributed by atoms with van der Waals surface area (Å²) in [5.41, 5.74) is 5.78. The second kappa shape index (κ2) is 4.88. The summed E-state index contributed by atoms with van der Waals surface area (Å²) in [4.78, 5) is 15.1. The minimum Gasteiger partial charge on any atom is -0.460 e. The number of carbonyl (C=O) groups excluding carboxylic acids is 1. The number of ether oxygens (including phenoxy) is 1. The van der Waals surface area contributed by atoms with Crippen molar-refractivity contribution < 1.29 is 14.1 Å². The van der Waals surface area contributed by atoms with Crippen LogP contribution >= 0.6 is 0 Å². The van der Waals surface area contributed by atoms with Crippen LogP contribution in [0.4, 0.5) is 0 Å². The first kappa shape index (κ1) is 11.6. The number of nitrogens with zero attached hydrogens (tertiary/aromatic N) is 2. The Kier molecular flexibility index (Phi) is 3.79. The third-order valence-electron chi connectivity index (χ3n) is 1.90. The van der Waals surface area contributed by atoms with Gasteiger partial charge in [0.15, 0.2) is 0 Å². The standard InChI is InChI=1S/C9H15N3O3/c1-4-14-9(13)7-11-8(15-12-7)6(10)5(2)3/h5-6H,4,10H2,1-3H3/t6-/m1/s1. The maximum absolute atomic E-state index is 11.2. The summed E-state index contributed by atoms with van der Waals surface area (Å²) in [7, 11) is 0. The SMILES string of the molecule is CCOC(=O)c1noc([C@H](N)C(C)C)n1. The molecule has 6 heteroatoms. The Balaban J connectivity index is 2.76. The molecule has 6 nitrogen and oxygen atoms in total. The first-order valence-electron chi connectivity index (χ1n) is 4.82. The quantitative estimate of drug-likeness (QED) is 0.747. The van der Waals surface area contributed by atoms with E-state index >= 15 is 0 Å². The second-order valence-corrected chi connectivity index (χ2v) is 3.45. The van der Waals surface area contributed by atoms with Gasteiger partial charge in [-0.25, -0.2) is 4.79 Å². The molecule has 0 aromatic carbocycles. The van der Waals surface area contributed by atoms with Crippen molar-refractivity contribution >= 4 is 5.97 Å². The lowest BCUT2D eigenvalue weighted by molar-refractivity contribution is 0.0508. The van der Waals surface area contributed by atoms with Gasteiger partial charge in [-0.2, -0.15) is 4.98 Å². The zero-order chi connectivity index (χ0) is 11.4. The third-order valence-corrected chi connectivity index (χ3v) is 1.90. The molecule has 0 amide bonds. The van der Waals surface area contributed by atoms with Gasteiger partial charge in [-0.1, -0.05) is 13.8 Å². The molecule has 1 aromatic rings. The number of rotatable bonds is 4. The van der Waals surface area contributed by atoms with Crippen LogP contribution in [0.3, 0.4) is 0 Å². The zero-order valence-electron chi connectivity index (χ0n) is 9.06. The van der Waals surface area contributed by atoms with Crippen LogP contribution < -0.4 is 5.73 Å². The number of aromatic nitrogens is 2. The third kappa shape index (κ3) is 2.76. The Labute approximate surface area is 87.8 Å². The van der Waals surface area contributed by atoms with E-state index in [-0.39, 0.29) is 30.3 Å². The number of nitrogens with two attached hydrogens (primary N) is 1.